The van der Waals surface area contributed by atoms with Crippen LogP contribution in [0.3, 0.4) is 0 Å². The first kappa shape index (κ1) is 20.7. The number of aromatic nitrogens is 1. The molecule has 1 aliphatic rings. The summed E-state index contributed by atoms with van der Waals surface area (Å²) in [6.45, 7) is 8.01. The molecule has 1 aromatic heterocycles. The van der Waals surface area contributed by atoms with E-state index in [1.54, 1.807) is 6.26 Å². The van der Waals surface area contributed by atoms with Crippen molar-refractivity contribution < 1.29 is 4.42 Å². The number of benzene rings is 2. The molecule has 0 fully saturated rings. The Morgan fingerprint density at radius 1 is 1.10 bits per heavy atom. The van der Waals surface area contributed by atoms with Gasteiger partial charge >= 0.3 is 0 Å². The summed E-state index contributed by atoms with van der Waals surface area (Å²) in [5.74, 6) is 1.39. The Kier molecular flexibility index (Phi) is 6.67. The SMILES string of the molecule is CCNC(=NCc1cccc(N2CC=CC2)c1)NCc1coc(-c2ccc(C)cc2)n1. The predicted octanol–water partition coefficient (Wildman–Crippen LogP) is 4.28. The number of hydrogen-bond donors (Lipinski definition) is 2. The minimum absolute atomic E-state index is 0.542. The molecule has 2 aromatic carbocycles. The highest BCUT2D eigenvalue weighted by atomic mass is 16.3. The van der Waals surface area contributed by atoms with Gasteiger partial charge in [-0.05, 0) is 43.7 Å². The van der Waals surface area contributed by atoms with Gasteiger partial charge in [-0.3, -0.25) is 0 Å². The van der Waals surface area contributed by atoms with Gasteiger partial charge in [0.15, 0.2) is 5.96 Å². The summed E-state index contributed by atoms with van der Waals surface area (Å²) in [7, 11) is 0. The van der Waals surface area contributed by atoms with Gasteiger partial charge in [-0.25, -0.2) is 9.98 Å². The Morgan fingerprint density at radius 2 is 1.90 bits per heavy atom. The van der Waals surface area contributed by atoms with Crippen molar-refractivity contribution in [2.75, 3.05) is 24.5 Å². The lowest BCUT2D eigenvalue weighted by molar-refractivity contribution is 0.572. The molecule has 31 heavy (non-hydrogen) atoms. The summed E-state index contributed by atoms with van der Waals surface area (Å²) in [6.07, 6.45) is 6.09. The van der Waals surface area contributed by atoms with E-state index in [2.05, 4.69) is 82.9 Å². The average molecular weight is 416 g/mol. The number of oxazole rings is 1. The largest absolute Gasteiger partial charge is 0.444 e. The van der Waals surface area contributed by atoms with Crippen LogP contribution in [0, 0.1) is 6.92 Å². The predicted molar refractivity (Wildman–Crippen MR) is 126 cm³/mol. The quantitative estimate of drug-likeness (QED) is 0.343. The van der Waals surface area contributed by atoms with Crippen LogP contribution in [0.1, 0.15) is 23.7 Å². The molecule has 0 aliphatic carbocycles. The van der Waals surface area contributed by atoms with E-state index in [0.29, 0.717) is 19.0 Å². The fourth-order valence-corrected chi connectivity index (χ4v) is 3.44. The molecule has 2 N–H and O–H groups in total. The monoisotopic (exact) mass is 415 g/mol. The topological polar surface area (TPSA) is 65.7 Å². The average Bonchev–Trinajstić information content (AvgIpc) is 3.49. The number of anilines is 1. The fraction of sp³-hybridized carbons (Fsp3) is 0.280. The molecular weight excluding hydrogens is 386 g/mol. The van der Waals surface area contributed by atoms with Gasteiger partial charge < -0.3 is 20.0 Å². The van der Waals surface area contributed by atoms with E-state index in [1.165, 1.54) is 16.8 Å². The second-order valence-electron chi connectivity index (χ2n) is 7.61. The van der Waals surface area contributed by atoms with Gasteiger partial charge in [0.25, 0.3) is 0 Å². The van der Waals surface area contributed by atoms with Crippen molar-refractivity contribution in [1.82, 2.24) is 15.6 Å². The molecule has 0 radical (unpaired) electrons. The van der Waals surface area contributed by atoms with E-state index < -0.39 is 0 Å². The van der Waals surface area contributed by atoms with Gasteiger partial charge in [0.05, 0.1) is 18.8 Å². The van der Waals surface area contributed by atoms with Crippen molar-refractivity contribution in [3.63, 3.8) is 0 Å². The number of hydrogen-bond acceptors (Lipinski definition) is 4. The minimum atomic E-state index is 0.542. The van der Waals surface area contributed by atoms with Crippen molar-refractivity contribution >= 4 is 11.6 Å². The first-order chi connectivity index (χ1) is 15.2. The molecule has 4 rings (SSSR count). The normalized spacial score (nSPS) is 13.6. The maximum Gasteiger partial charge on any atom is 0.226 e. The van der Waals surface area contributed by atoms with Crippen LogP contribution in [0.5, 0.6) is 0 Å². The van der Waals surface area contributed by atoms with Crippen molar-refractivity contribution in [3.05, 3.63) is 83.8 Å². The molecule has 6 nitrogen and oxygen atoms in total. The van der Waals surface area contributed by atoms with Crippen LogP contribution >= 0.6 is 0 Å². The summed E-state index contributed by atoms with van der Waals surface area (Å²) in [6, 6.07) is 16.7. The maximum atomic E-state index is 5.65. The van der Waals surface area contributed by atoms with Crippen LogP contribution in [0.25, 0.3) is 11.5 Å². The zero-order valence-corrected chi connectivity index (χ0v) is 18.1. The lowest BCUT2D eigenvalue weighted by Crippen LogP contribution is -2.36. The molecule has 0 unspecified atom stereocenters. The molecule has 6 heteroatoms. The number of guanidine groups is 1. The minimum Gasteiger partial charge on any atom is -0.444 e. The third-order valence-electron chi connectivity index (χ3n) is 5.15. The number of rotatable bonds is 7. The lowest BCUT2D eigenvalue weighted by Gasteiger charge is -2.18. The summed E-state index contributed by atoms with van der Waals surface area (Å²) in [4.78, 5) is 11.7. The molecule has 0 saturated heterocycles. The molecule has 0 saturated carbocycles. The van der Waals surface area contributed by atoms with E-state index in [0.717, 1.165) is 36.9 Å². The van der Waals surface area contributed by atoms with Crippen molar-refractivity contribution in [3.8, 4) is 11.5 Å². The Labute approximate surface area is 183 Å². The number of nitrogens with one attached hydrogen (secondary N) is 2. The van der Waals surface area contributed by atoms with Gasteiger partial charge in [-0.1, -0.05) is 42.0 Å². The molecular formula is C25H29N5O. The van der Waals surface area contributed by atoms with Gasteiger partial charge in [0.1, 0.15) is 6.26 Å². The Bertz CT molecular complexity index is 1040. The summed E-state index contributed by atoms with van der Waals surface area (Å²) in [5, 5.41) is 6.64. The summed E-state index contributed by atoms with van der Waals surface area (Å²) >= 11 is 0. The molecule has 0 bridgehead atoms. The third kappa shape index (κ3) is 5.54. The molecule has 160 valence electrons. The van der Waals surface area contributed by atoms with E-state index in [-0.39, 0.29) is 0 Å². The number of nitrogens with zero attached hydrogens (tertiary/aromatic N) is 3. The Morgan fingerprint density at radius 3 is 2.68 bits per heavy atom. The Hall–Kier alpha value is -3.54. The van der Waals surface area contributed by atoms with Crippen LogP contribution in [0.15, 0.2) is 76.4 Å². The van der Waals surface area contributed by atoms with Gasteiger partial charge in [0, 0.05) is 30.9 Å². The van der Waals surface area contributed by atoms with Crippen molar-refractivity contribution in [1.29, 1.82) is 0 Å². The van der Waals surface area contributed by atoms with E-state index >= 15 is 0 Å². The number of aliphatic imine (C=N–C) groups is 1. The van der Waals surface area contributed by atoms with Crippen LogP contribution in [-0.4, -0.2) is 30.6 Å². The second kappa shape index (κ2) is 9.98. The van der Waals surface area contributed by atoms with E-state index in [9.17, 15) is 0 Å². The first-order valence-electron chi connectivity index (χ1n) is 10.7. The zero-order valence-electron chi connectivity index (χ0n) is 18.1. The fourth-order valence-electron chi connectivity index (χ4n) is 3.44. The van der Waals surface area contributed by atoms with Gasteiger partial charge in [-0.2, -0.15) is 0 Å². The Balaban J connectivity index is 1.37. The summed E-state index contributed by atoms with van der Waals surface area (Å²) in [5.41, 5.74) is 5.45. The lowest BCUT2D eigenvalue weighted by atomic mass is 10.1. The van der Waals surface area contributed by atoms with Crippen LogP contribution in [0.4, 0.5) is 5.69 Å². The first-order valence-corrected chi connectivity index (χ1v) is 10.7. The van der Waals surface area contributed by atoms with Crippen LogP contribution in [0.2, 0.25) is 0 Å². The summed E-state index contributed by atoms with van der Waals surface area (Å²) < 4.78 is 5.65. The maximum absolute atomic E-state index is 5.65. The highest BCUT2D eigenvalue weighted by Crippen LogP contribution is 2.20. The van der Waals surface area contributed by atoms with E-state index in [4.69, 9.17) is 9.41 Å². The smallest absolute Gasteiger partial charge is 0.226 e. The van der Waals surface area contributed by atoms with Gasteiger partial charge in [-0.15, -0.1) is 0 Å². The van der Waals surface area contributed by atoms with Crippen LogP contribution < -0.4 is 15.5 Å². The zero-order chi connectivity index (χ0) is 21.5. The standard InChI is InChI=1S/C25H29N5O/c1-3-26-25(27-16-20-7-6-8-23(15-20)30-13-4-5-14-30)28-17-22-18-31-24(29-22)21-11-9-19(2)10-12-21/h4-12,15,18H,3,13-14,16-17H2,1-2H3,(H2,26,27,28). The highest BCUT2D eigenvalue weighted by molar-refractivity contribution is 5.79. The molecule has 2 heterocycles. The van der Waals surface area contributed by atoms with Crippen LogP contribution in [-0.2, 0) is 13.1 Å². The molecule has 0 spiro atoms. The highest BCUT2D eigenvalue weighted by Gasteiger charge is 2.09. The molecule has 3 aromatic rings. The van der Waals surface area contributed by atoms with Gasteiger partial charge in [0.2, 0.25) is 5.89 Å². The molecule has 1 aliphatic heterocycles. The second-order valence-corrected chi connectivity index (χ2v) is 7.61. The van der Waals surface area contributed by atoms with E-state index in [1.807, 2.05) is 12.1 Å². The molecule has 0 atom stereocenters. The van der Waals surface area contributed by atoms with Crippen molar-refractivity contribution in [2.45, 2.75) is 26.9 Å². The van der Waals surface area contributed by atoms with Crippen molar-refractivity contribution in [2.24, 2.45) is 4.99 Å². The molecule has 0 amide bonds. The number of aryl methyl sites for hydroxylation is 1. The third-order valence-corrected chi connectivity index (χ3v) is 5.15.